The van der Waals surface area contributed by atoms with Crippen LogP contribution < -0.4 is 50.2 Å². The molecule has 0 unspecified atom stereocenters. The van der Waals surface area contributed by atoms with Crippen molar-refractivity contribution in [1.82, 2.24) is 41.3 Å². The second-order valence-corrected chi connectivity index (χ2v) is 29.2. The number of aromatic hydroxyl groups is 1. The Morgan fingerprint density at radius 1 is 0.670 bits per heavy atom. The zero-order chi connectivity index (χ0) is 76.7. The van der Waals surface area contributed by atoms with Gasteiger partial charge in [0.1, 0.15) is 42.0 Å². The molecule has 33 nitrogen and oxygen atoms in total. The Morgan fingerprint density at radius 3 is 1.84 bits per heavy atom. The number of fused-ring (bicyclic) bond motifs is 2. The van der Waals surface area contributed by atoms with Gasteiger partial charge in [-0.15, -0.1) is 0 Å². The number of piperazine rings is 1. The highest BCUT2D eigenvalue weighted by molar-refractivity contribution is 8.15. The molecule has 0 spiro atoms. The fourth-order valence-electron chi connectivity index (χ4n) is 14.2. The number of aliphatic hydroxyl groups is 8. The van der Waals surface area contributed by atoms with Gasteiger partial charge in [-0.3, -0.25) is 52.1 Å². The van der Waals surface area contributed by atoms with Gasteiger partial charge in [-0.1, -0.05) is 25.1 Å². The molecule has 9 rings (SSSR count). The lowest BCUT2D eigenvalue weighted by atomic mass is 9.89. The first-order valence-corrected chi connectivity index (χ1v) is 37.3. The van der Waals surface area contributed by atoms with Crippen LogP contribution in [-0.2, 0) is 39.9 Å². The number of β-amino-alcohol motifs (C(OH)–C–C–N with tert-alkyl or cyclic N) is 1. The van der Waals surface area contributed by atoms with Crippen LogP contribution in [0.4, 0.5) is 17.1 Å². The number of amides is 7. The first kappa shape index (κ1) is 81.9. The molecular weight excluding hydrogens is 1400 g/mol. The number of methoxy groups -OCH3 is 1. The van der Waals surface area contributed by atoms with Gasteiger partial charge < -0.3 is 111 Å². The van der Waals surface area contributed by atoms with Gasteiger partial charge in [-0.05, 0) is 136 Å². The normalized spacial score (nSPS) is 25.4. The summed E-state index contributed by atoms with van der Waals surface area (Å²) in [5, 5.41) is 112. The van der Waals surface area contributed by atoms with E-state index < -0.39 is 201 Å². The number of carbonyl (C=O) groups excluding carboxylic acids is 7. The second-order valence-electron chi connectivity index (χ2n) is 28.1. The fraction of sp³-hybridized carbons (Fsp3) is 0.569. The molecule has 5 aliphatic heterocycles. The number of hydrogen-bond donors (Lipinski definition) is 17. The number of nitrogens with one attached hydrogen (secondary N) is 5. The largest absolute Gasteiger partial charge is 0.504 e. The standard InChI is InChI=1S/C72H103N11O22S/c1-42-38-83-64(65(42)92)70(97)73-37-52(87)35-55(74-66(93)47-8-12-48(13-9-47)80-27-29-81(30-28-80)50-16-14-49(15-17-50)79-25-21-46(22-26-79)45-10-18-54(19-11-45)104-32-6-5-31-103-4)67(94)75-61(43(2)86)71(98)82-39-53(88)36-56(82)68(95)76-62(59(91)33-44-7-20-57(89)60(34-44)105-106(100,101)102)69(96)77-63(72(83)99)58(90)23-24-78(3)51(40-84)41-85/h7-20,34,42-43,46,51-53,55-56,58-59,61-65,84-92,100-102H,5-6,21-33,35-41H2,1-4H3,(H,73,97)(H,74,93)(H,75,94)(H,76,95)(H,77,96)/t42-,43+,52+,53+,55-,56-,58+,59+,61-,62-,63-,64-,65-/m0/s1. The number of ether oxygens (including phenoxy) is 2. The summed E-state index contributed by atoms with van der Waals surface area (Å²) in [6.07, 6.45) is -8.98. The van der Waals surface area contributed by atoms with Gasteiger partial charge in [0.2, 0.25) is 35.4 Å². The molecule has 0 aromatic heterocycles. The van der Waals surface area contributed by atoms with E-state index in [-0.39, 0.29) is 24.2 Å². The van der Waals surface area contributed by atoms with Gasteiger partial charge in [0.15, 0.2) is 11.5 Å². The summed E-state index contributed by atoms with van der Waals surface area (Å²) in [6, 6.07) is 14.3. The van der Waals surface area contributed by atoms with E-state index in [4.69, 9.17) is 9.47 Å². The topological polar surface area (TPSA) is 470 Å². The number of nitrogens with zero attached hydrogens (tertiary/aromatic N) is 6. The van der Waals surface area contributed by atoms with Gasteiger partial charge in [0.25, 0.3) is 17.1 Å². The van der Waals surface area contributed by atoms with E-state index in [0.717, 1.165) is 91.4 Å². The van der Waals surface area contributed by atoms with Crippen LogP contribution in [0.3, 0.4) is 0 Å². The van der Waals surface area contributed by atoms with Crippen LogP contribution in [0.5, 0.6) is 17.2 Å². The summed E-state index contributed by atoms with van der Waals surface area (Å²) in [5.41, 5.74) is 4.40. The number of piperidine rings is 1. The second kappa shape index (κ2) is 37.6. The first-order valence-electron chi connectivity index (χ1n) is 35.8. The molecule has 0 saturated carbocycles. The van der Waals surface area contributed by atoms with Crippen LogP contribution in [0, 0.1) is 5.92 Å². The van der Waals surface area contributed by atoms with Crippen molar-refractivity contribution in [1.29, 1.82) is 0 Å². The molecule has 0 aliphatic carbocycles. The number of phenols is 1. The number of anilines is 3. The summed E-state index contributed by atoms with van der Waals surface area (Å²) >= 11 is -4.75. The highest BCUT2D eigenvalue weighted by atomic mass is 32.3. The third kappa shape index (κ3) is 21.4. The maximum absolute atomic E-state index is 15.1. The molecule has 5 aliphatic rings. The molecule has 4 aromatic rings. The van der Waals surface area contributed by atoms with E-state index in [2.05, 4.69) is 94.0 Å². The lowest BCUT2D eigenvalue weighted by molar-refractivity contribution is -0.147. The maximum Gasteiger partial charge on any atom is 0.266 e. The average molecular weight is 1510 g/mol. The monoisotopic (exact) mass is 1510 g/mol. The van der Waals surface area contributed by atoms with E-state index in [9.17, 15) is 88.4 Å². The predicted octanol–water partition coefficient (Wildman–Crippen LogP) is -0.951. The van der Waals surface area contributed by atoms with Crippen molar-refractivity contribution in [2.45, 2.75) is 150 Å². The average Bonchev–Trinajstić information content (AvgIpc) is 1.62. The number of phenolic OH excluding ortho intramolecular Hbond substituents is 1. The van der Waals surface area contributed by atoms with Crippen LogP contribution in [0.25, 0.3) is 0 Å². The fourth-order valence-corrected chi connectivity index (χ4v) is 14.6. The Balaban J connectivity index is 0.909. The smallest absolute Gasteiger partial charge is 0.266 e. The van der Waals surface area contributed by atoms with E-state index in [1.807, 2.05) is 0 Å². The molecule has 5 fully saturated rings. The van der Waals surface area contributed by atoms with E-state index >= 15 is 4.79 Å². The Hall–Kier alpha value is -8.20. The molecule has 4 aromatic carbocycles. The van der Waals surface area contributed by atoms with Gasteiger partial charge in [0.05, 0.1) is 62.5 Å². The molecule has 106 heavy (non-hydrogen) atoms. The number of rotatable bonds is 25. The number of hydrogen-bond acceptors (Lipinski definition) is 26. The lowest BCUT2D eigenvalue weighted by Gasteiger charge is -2.38. The molecule has 13 atom stereocenters. The van der Waals surface area contributed by atoms with Crippen LogP contribution >= 0.6 is 11.2 Å². The maximum atomic E-state index is 15.1. The van der Waals surface area contributed by atoms with Crippen molar-refractivity contribution >= 4 is 69.6 Å². The molecule has 5 saturated heterocycles. The van der Waals surface area contributed by atoms with Gasteiger partial charge >= 0.3 is 0 Å². The third-order valence-electron chi connectivity index (χ3n) is 20.5. The zero-order valence-corrected chi connectivity index (χ0v) is 60.7. The molecular formula is C72H103N11O22S. The van der Waals surface area contributed by atoms with Crippen molar-refractivity contribution in [2.75, 3.05) is 121 Å². The van der Waals surface area contributed by atoms with Crippen LogP contribution in [-0.4, -0.2) is 301 Å². The molecule has 7 amide bonds. The summed E-state index contributed by atoms with van der Waals surface area (Å²) < 4.78 is 44.6. The van der Waals surface area contributed by atoms with Gasteiger partial charge in [-0.25, -0.2) is 0 Å². The van der Waals surface area contributed by atoms with Crippen molar-refractivity contribution in [3.8, 4) is 17.2 Å². The Kier molecular flexibility index (Phi) is 29.0. The molecule has 17 N–H and O–H groups in total. The first-order chi connectivity index (χ1) is 50.5. The third-order valence-corrected chi connectivity index (χ3v) is 20.9. The van der Waals surface area contributed by atoms with Crippen molar-refractivity contribution in [3.63, 3.8) is 0 Å². The number of unbranched alkanes of at least 4 members (excludes halogenated alkanes) is 1. The predicted molar refractivity (Wildman–Crippen MR) is 389 cm³/mol. The summed E-state index contributed by atoms with van der Waals surface area (Å²) in [5.74, 6) is -8.99. The Labute approximate surface area is 616 Å². The highest BCUT2D eigenvalue weighted by Gasteiger charge is 2.50. The minimum Gasteiger partial charge on any atom is -0.504 e. The SMILES string of the molecule is COCCCCOc1ccc(C2CCN(c3ccc(N4CCN(c5ccc(C(=O)N[C@H]6C[C@@H](O)CNC(=O)[C@@H]7[C@@H](O)[C@@H](C)CN7C(=O)[C@H]([C@H](O)CCN(C)C(CO)CO)NC(=O)[C@H]([C@H](O)Cc7ccc(O)c(OS(O)(O)O)c7)NC(=O)[C@@H]7C[C@@H](O)CN7C(=O)[C@H]([C@@H](C)O)NC6=O)cc5)CC4)cc3)CC2)cc1. The summed E-state index contributed by atoms with van der Waals surface area (Å²) in [4.78, 5) is 113. The molecule has 0 bridgehead atoms. The minimum atomic E-state index is -4.75. The number of likely N-dealkylation sites (N-methyl/N-ethyl adjacent to an activating group) is 1. The van der Waals surface area contributed by atoms with Crippen molar-refractivity contribution in [3.05, 3.63) is 108 Å². The summed E-state index contributed by atoms with van der Waals surface area (Å²) in [6.45, 7) is 5.67. The lowest BCUT2D eigenvalue weighted by Crippen LogP contribution is -2.64. The quantitative estimate of drug-likeness (QED) is 0.0356. The van der Waals surface area contributed by atoms with Crippen LogP contribution in [0.1, 0.15) is 86.2 Å². The number of benzene rings is 4. The van der Waals surface area contributed by atoms with E-state index in [1.54, 1.807) is 31.4 Å². The van der Waals surface area contributed by atoms with E-state index in [1.165, 1.54) is 36.2 Å². The molecule has 5 heterocycles. The van der Waals surface area contributed by atoms with E-state index in [0.29, 0.717) is 38.7 Å². The summed E-state index contributed by atoms with van der Waals surface area (Å²) in [7, 11) is 3.18. The molecule has 584 valence electrons. The molecule has 34 heteroatoms. The highest BCUT2D eigenvalue weighted by Crippen LogP contribution is 2.41. The van der Waals surface area contributed by atoms with Crippen LogP contribution in [0.2, 0.25) is 0 Å². The van der Waals surface area contributed by atoms with Crippen LogP contribution in [0.15, 0.2) is 91.0 Å². The molecule has 0 radical (unpaired) electrons. The van der Waals surface area contributed by atoms with Crippen molar-refractivity contribution in [2.24, 2.45) is 5.92 Å². The Morgan fingerprint density at radius 2 is 1.25 bits per heavy atom. The van der Waals surface area contributed by atoms with Gasteiger partial charge in [-0.2, -0.15) is 0 Å². The minimum absolute atomic E-state index is 0.0574. The Bertz CT molecular complexity index is 3580. The number of carbonyl (C=O) groups is 7. The number of aliphatic hydroxyl groups excluding tert-OH is 8. The van der Waals surface area contributed by atoms with Crippen molar-refractivity contribution < 1.29 is 107 Å². The zero-order valence-electron chi connectivity index (χ0n) is 59.9. The van der Waals surface area contributed by atoms with Gasteiger partial charge in [0, 0.05) is 127 Å².